The average Bonchev–Trinajstić information content (AvgIpc) is 3.07. The van der Waals surface area contributed by atoms with E-state index in [4.69, 9.17) is 0 Å². The normalized spacial score (nSPS) is 12.5. The molecule has 8 nitrogen and oxygen atoms in total. The summed E-state index contributed by atoms with van der Waals surface area (Å²) in [6.45, 7) is 8.38. The van der Waals surface area contributed by atoms with Crippen molar-refractivity contribution in [2.24, 2.45) is 0 Å². The van der Waals surface area contributed by atoms with Gasteiger partial charge in [-0.3, -0.25) is 4.79 Å². The van der Waals surface area contributed by atoms with Crippen LogP contribution in [0, 0.1) is 6.92 Å². The Labute approximate surface area is 196 Å². The molecular weight excluding hydrogens is 497 g/mol. The summed E-state index contributed by atoms with van der Waals surface area (Å²) >= 11 is 0. The van der Waals surface area contributed by atoms with Crippen LogP contribution in [0.5, 0.6) is 5.88 Å². The van der Waals surface area contributed by atoms with Gasteiger partial charge in [-0.25, -0.2) is 13.1 Å². The van der Waals surface area contributed by atoms with E-state index >= 15 is 0 Å². The maximum absolute atomic E-state index is 13.4. The van der Waals surface area contributed by atoms with Gasteiger partial charge in [-0.15, -0.1) is 0 Å². The van der Waals surface area contributed by atoms with Crippen molar-refractivity contribution in [2.45, 2.75) is 58.0 Å². The zero-order valence-electron chi connectivity index (χ0n) is 19.4. The molecule has 0 unspecified atom stereocenters. The first kappa shape index (κ1) is 27.6. The first-order valence-electron chi connectivity index (χ1n) is 10.0. The van der Waals surface area contributed by atoms with E-state index < -0.39 is 42.7 Å². The number of allylic oxidation sites excluding steroid dienone is 2. The highest BCUT2D eigenvalue weighted by molar-refractivity contribution is 7.90. The number of carbonyl (C=O) groups excluding carboxylic acids is 1. The SMILES string of the molecule is CCCn1ncc(C(=O)c2ccc(S(C)(=O)=O)c(C(C)=C(C)C)c2C)c1OS(=O)(=O)C(F)(F)F. The quantitative estimate of drug-likeness (QED) is 0.289. The van der Waals surface area contributed by atoms with Crippen molar-refractivity contribution in [1.29, 1.82) is 0 Å². The molecule has 0 aliphatic carbocycles. The second-order valence-electron chi connectivity index (χ2n) is 7.91. The predicted octanol–water partition coefficient (Wildman–Crippen LogP) is 4.28. The van der Waals surface area contributed by atoms with Gasteiger partial charge >= 0.3 is 15.6 Å². The van der Waals surface area contributed by atoms with Crippen LogP contribution in [-0.2, 0) is 26.5 Å². The molecule has 1 aromatic carbocycles. The molecule has 2 aromatic rings. The Morgan fingerprint density at radius 1 is 1.09 bits per heavy atom. The van der Waals surface area contributed by atoms with Crippen molar-refractivity contribution < 1.29 is 39.0 Å². The number of hydrogen-bond acceptors (Lipinski definition) is 7. The highest BCUT2D eigenvalue weighted by atomic mass is 32.2. The fraction of sp³-hybridized carbons (Fsp3) is 0.429. The molecule has 1 heterocycles. The molecule has 0 radical (unpaired) electrons. The molecule has 0 amide bonds. The number of nitrogens with zero attached hydrogens (tertiary/aromatic N) is 2. The molecule has 2 rings (SSSR count). The Morgan fingerprint density at radius 3 is 2.15 bits per heavy atom. The lowest BCUT2D eigenvalue weighted by Gasteiger charge is -2.17. The minimum absolute atomic E-state index is 0.00981. The average molecular weight is 523 g/mol. The summed E-state index contributed by atoms with van der Waals surface area (Å²) < 4.78 is 92.0. The first-order valence-corrected chi connectivity index (χ1v) is 13.3. The zero-order valence-corrected chi connectivity index (χ0v) is 21.1. The number of rotatable bonds is 8. The van der Waals surface area contributed by atoms with Crippen molar-refractivity contribution >= 4 is 31.3 Å². The van der Waals surface area contributed by atoms with E-state index in [1.54, 1.807) is 27.7 Å². The number of aryl methyl sites for hydroxylation is 1. The Kier molecular flexibility index (Phi) is 7.73. The molecule has 0 saturated carbocycles. The third kappa shape index (κ3) is 5.35. The van der Waals surface area contributed by atoms with Crippen LogP contribution in [-0.4, -0.2) is 44.2 Å². The molecular formula is C21H25F3N2O6S2. The van der Waals surface area contributed by atoms with Gasteiger partial charge in [0.25, 0.3) is 0 Å². The summed E-state index contributed by atoms with van der Waals surface area (Å²) in [5.74, 6) is -1.73. The molecule has 0 saturated heterocycles. The fourth-order valence-electron chi connectivity index (χ4n) is 3.24. The molecule has 0 fully saturated rings. The highest BCUT2D eigenvalue weighted by Crippen LogP contribution is 2.34. The Hall–Kier alpha value is -2.67. The van der Waals surface area contributed by atoms with E-state index in [0.29, 0.717) is 17.6 Å². The lowest BCUT2D eigenvalue weighted by molar-refractivity contribution is -0.0502. The summed E-state index contributed by atoms with van der Waals surface area (Å²) in [4.78, 5) is 13.4. The van der Waals surface area contributed by atoms with Gasteiger partial charge in [-0.1, -0.05) is 12.5 Å². The molecule has 0 bridgehead atoms. The zero-order chi connectivity index (χ0) is 26.2. The van der Waals surface area contributed by atoms with Gasteiger partial charge in [0, 0.05) is 18.4 Å². The summed E-state index contributed by atoms with van der Waals surface area (Å²) in [5, 5.41) is 3.82. The summed E-state index contributed by atoms with van der Waals surface area (Å²) in [7, 11) is -9.75. The number of ketones is 1. The smallest absolute Gasteiger partial charge is 0.355 e. The van der Waals surface area contributed by atoms with Crippen molar-refractivity contribution in [3.63, 3.8) is 0 Å². The Balaban J connectivity index is 2.79. The van der Waals surface area contributed by atoms with Crippen LogP contribution in [0.2, 0.25) is 0 Å². The van der Waals surface area contributed by atoms with Gasteiger partial charge in [0.2, 0.25) is 5.88 Å². The molecule has 0 aliphatic rings. The van der Waals surface area contributed by atoms with E-state index in [-0.39, 0.29) is 22.6 Å². The van der Waals surface area contributed by atoms with Crippen molar-refractivity contribution in [1.82, 2.24) is 9.78 Å². The van der Waals surface area contributed by atoms with Crippen LogP contribution in [0.15, 0.2) is 28.8 Å². The molecule has 1 aromatic heterocycles. The largest absolute Gasteiger partial charge is 0.534 e. The lowest BCUT2D eigenvalue weighted by Crippen LogP contribution is -2.29. The van der Waals surface area contributed by atoms with Crippen molar-refractivity contribution in [3.05, 3.63) is 46.2 Å². The molecule has 13 heteroatoms. The molecule has 188 valence electrons. The summed E-state index contributed by atoms with van der Waals surface area (Å²) in [5.41, 5.74) is -4.31. The number of aromatic nitrogens is 2. The standard InChI is InChI=1S/C21H25F3N2O6S2/c1-7-10-26-20(32-34(30,31)21(22,23)24)16(11-25-26)19(27)15-8-9-17(33(6,28)29)18(14(15)5)13(4)12(2)3/h8-9,11H,7,10H2,1-6H3. The molecule has 34 heavy (non-hydrogen) atoms. The first-order chi connectivity index (χ1) is 15.4. The van der Waals surface area contributed by atoms with E-state index in [2.05, 4.69) is 9.28 Å². The van der Waals surface area contributed by atoms with Crippen LogP contribution in [0.3, 0.4) is 0 Å². The van der Waals surface area contributed by atoms with Gasteiger partial charge in [-0.2, -0.15) is 26.7 Å². The summed E-state index contributed by atoms with van der Waals surface area (Å²) in [6, 6.07) is 2.47. The number of halogens is 3. The fourth-order valence-corrected chi connectivity index (χ4v) is 4.71. The number of benzene rings is 1. The van der Waals surface area contributed by atoms with E-state index in [1.165, 1.54) is 19.1 Å². The maximum Gasteiger partial charge on any atom is 0.534 e. The summed E-state index contributed by atoms with van der Waals surface area (Å²) in [6.07, 6.45) is 2.31. The van der Waals surface area contributed by atoms with Gasteiger partial charge in [0.05, 0.1) is 11.1 Å². The minimum atomic E-state index is -6.07. The highest BCUT2D eigenvalue weighted by Gasteiger charge is 2.49. The maximum atomic E-state index is 13.4. The second kappa shape index (κ2) is 9.53. The van der Waals surface area contributed by atoms with Crippen LogP contribution in [0.1, 0.15) is 61.2 Å². The molecule has 0 atom stereocenters. The van der Waals surface area contributed by atoms with E-state index in [9.17, 15) is 34.8 Å². The number of hydrogen-bond donors (Lipinski definition) is 0. The van der Waals surface area contributed by atoms with E-state index in [1.807, 2.05) is 0 Å². The van der Waals surface area contributed by atoms with Crippen LogP contribution >= 0.6 is 0 Å². The van der Waals surface area contributed by atoms with Crippen LogP contribution in [0.25, 0.3) is 5.57 Å². The molecule has 0 spiro atoms. The molecule has 0 N–H and O–H groups in total. The van der Waals surface area contributed by atoms with Crippen LogP contribution in [0.4, 0.5) is 13.2 Å². The van der Waals surface area contributed by atoms with Crippen molar-refractivity contribution in [2.75, 3.05) is 6.26 Å². The van der Waals surface area contributed by atoms with Gasteiger partial charge < -0.3 is 4.18 Å². The topological polar surface area (TPSA) is 112 Å². The monoisotopic (exact) mass is 522 g/mol. The number of alkyl halides is 3. The predicted molar refractivity (Wildman–Crippen MR) is 120 cm³/mol. The Bertz CT molecular complexity index is 1370. The van der Waals surface area contributed by atoms with E-state index in [0.717, 1.165) is 22.7 Å². The Morgan fingerprint density at radius 2 is 1.68 bits per heavy atom. The third-order valence-electron chi connectivity index (χ3n) is 5.14. The minimum Gasteiger partial charge on any atom is -0.355 e. The second-order valence-corrected chi connectivity index (χ2v) is 11.4. The van der Waals surface area contributed by atoms with Gasteiger partial charge in [0.1, 0.15) is 5.56 Å². The number of carbonyl (C=O) groups is 1. The molecule has 0 aliphatic heterocycles. The third-order valence-corrected chi connectivity index (χ3v) is 7.22. The number of sulfone groups is 1. The lowest BCUT2D eigenvalue weighted by atomic mass is 9.91. The van der Waals surface area contributed by atoms with Gasteiger partial charge in [-0.05, 0) is 62.9 Å². The van der Waals surface area contributed by atoms with Crippen LogP contribution < -0.4 is 4.18 Å². The van der Waals surface area contributed by atoms with Gasteiger partial charge in [0.15, 0.2) is 15.6 Å². The van der Waals surface area contributed by atoms with Crippen molar-refractivity contribution in [3.8, 4) is 5.88 Å².